The van der Waals surface area contributed by atoms with Gasteiger partial charge < -0.3 is 5.32 Å². The zero-order valence-electron chi connectivity index (χ0n) is 11.5. The first-order valence-corrected chi connectivity index (χ1v) is 9.75. The van der Waals surface area contributed by atoms with Crippen molar-refractivity contribution in [1.82, 2.24) is 5.32 Å². The molecule has 2 heterocycles. The summed E-state index contributed by atoms with van der Waals surface area (Å²) in [5.74, 6) is 1.05. The summed E-state index contributed by atoms with van der Waals surface area (Å²) < 4.78 is 22.6. The van der Waals surface area contributed by atoms with E-state index in [4.69, 9.17) is 0 Å². The molecule has 1 saturated heterocycles. The molecule has 1 aliphatic heterocycles. The van der Waals surface area contributed by atoms with Crippen molar-refractivity contribution in [2.75, 3.05) is 18.1 Å². The molecule has 0 bridgehead atoms. The number of carbonyl (C=O) groups excluding carboxylic acids is 1. The molecule has 1 atom stereocenters. The first-order chi connectivity index (χ1) is 9.55. The summed E-state index contributed by atoms with van der Waals surface area (Å²) in [6.45, 7) is 0.653. The summed E-state index contributed by atoms with van der Waals surface area (Å²) in [6, 6.07) is 4.03. The summed E-state index contributed by atoms with van der Waals surface area (Å²) >= 11 is 1.67. The van der Waals surface area contributed by atoms with E-state index in [2.05, 4.69) is 5.32 Å². The zero-order chi connectivity index (χ0) is 14.4. The number of nitrogens with one attached hydrogen (secondary N) is 1. The van der Waals surface area contributed by atoms with Crippen molar-refractivity contribution in [3.05, 3.63) is 22.4 Å². The molecule has 1 unspecified atom stereocenters. The van der Waals surface area contributed by atoms with E-state index in [9.17, 15) is 13.2 Å². The largest absolute Gasteiger partial charge is 0.356 e. The normalized spacial score (nSPS) is 20.9. The third-order valence-corrected chi connectivity index (χ3v) is 6.39. The maximum Gasteiger partial charge on any atom is 0.220 e. The topological polar surface area (TPSA) is 63.2 Å². The van der Waals surface area contributed by atoms with Gasteiger partial charge in [0.1, 0.15) is 0 Å². The van der Waals surface area contributed by atoms with Gasteiger partial charge in [0, 0.05) is 17.8 Å². The highest BCUT2D eigenvalue weighted by atomic mass is 32.2. The smallest absolute Gasteiger partial charge is 0.220 e. The van der Waals surface area contributed by atoms with Crippen LogP contribution in [0.25, 0.3) is 0 Å². The van der Waals surface area contributed by atoms with E-state index in [1.54, 1.807) is 11.3 Å². The molecule has 1 amide bonds. The van der Waals surface area contributed by atoms with Crippen molar-refractivity contribution in [3.63, 3.8) is 0 Å². The van der Waals surface area contributed by atoms with Crippen molar-refractivity contribution < 1.29 is 13.2 Å². The Hall–Kier alpha value is -0.880. The average molecular weight is 315 g/mol. The molecule has 20 heavy (non-hydrogen) atoms. The molecule has 1 aromatic rings. The molecule has 1 N–H and O–H groups in total. The molecule has 1 aromatic heterocycles. The fraction of sp³-hybridized carbons (Fsp3) is 0.643. The summed E-state index contributed by atoms with van der Waals surface area (Å²) in [4.78, 5) is 12.9. The van der Waals surface area contributed by atoms with Gasteiger partial charge in [0.2, 0.25) is 5.91 Å². The minimum atomic E-state index is -2.77. The summed E-state index contributed by atoms with van der Waals surface area (Å²) in [5.41, 5.74) is 0. The van der Waals surface area contributed by atoms with Gasteiger partial charge in [-0.25, -0.2) is 8.42 Å². The number of sulfone groups is 1. The van der Waals surface area contributed by atoms with Crippen LogP contribution >= 0.6 is 11.3 Å². The molecule has 112 valence electrons. The molecule has 1 aliphatic rings. The molecule has 0 aromatic carbocycles. The molecule has 0 aliphatic carbocycles. The quantitative estimate of drug-likeness (QED) is 0.783. The van der Waals surface area contributed by atoms with Crippen molar-refractivity contribution >= 4 is 27.1 Å². The van der Waals surface area contributed by atoms with Crippen LogP contribution in [0.1, 0.15) is 30.6 Å². The van der Waals surface area contributed by atoms with Gasteiger partial charge in [0.25, 0.3) is 0 Å². The molecule has 2 rings (SSSR count). The fourth-order valence-corrected chi connectivity index (χ4v) is 5.12. The molecule has 6 heteroatoms. The first-order valence-electron chi connectivity index (χ1n) is 7.05. The number of thiophene rings is 1. The number of hydrogen-bond acceptors (Lipinski definition) is 4. The van der Waals surface area contributed by atoms with Crippen molar-refractivity contribution in [2.24, 2.45) is 5.92 Å². The number of rotatable bonds is 7. The average Bonchev–Trinajstić information content (AvgIpc) is 3.01. The maximum absolute atomic E-state index is 11.6. The Morgan fingerprint density at radius 1 is 1.45 bits per heavy atom. The fourth-order valence-electron chi connectivity index (χ4n) is 2.50. The number of aryl methyl sites for hydroxylation is 1. The standard InChI is InChI=1S/C14H21NO3S2/c16-14(6-5-13-4-2-9-19-13)15-8-1-3-12-7-10-20(17,18)11-12/h2,4,9,12H,1,3,5-8,10-11H2,(H,15,16). The van der Waals surface area contributed by atoms with Gasteiger partial charge in [-0.05, 0) is 43.0 Å². The van der Waals surface area contributed by atoms with E-state index < -0.39 is 9.84 Å². The lowest BCUT2D eigenvalue weighted by atomic mass is 10.0. The third-order valence-electron chi connectivity index (χ3n) is 3.62. The second-order valence-electron chi connectivity index (χ2n) is 5.34. The Morgan fingerprint density at radius 3 is 2.95 bits per heavy atom. The second-order valence-corrected chi connectivity index (χ2v) is 8.60. The van der Waals surface area contributed by atoms with E-state index in [0.717, 1.165) is 25.7 Å². The lowest BCUT2D eigenvalue weighted by Crippen LogP contribution is -2.25. The second kappa shape index (κ2) is 7.22. The Labute approximate surface area is 124 Å². The zero-order valence-corrected chi connectivity index (χ0v) is 13.1. The van der Waals surface area contributed by atoms with Gasteiger partial charge in [-0.1, -0.05) is 6.07 Å². The van der Waals surface area contributed by atoms with E-state index in [1.165, 1.54) is 4.88 Å². The highest BCUT2D eigenvalue weighted by Gasteiger charge is 2.27. The monoisotopic (exact) mass is 315 g/mol. The van der Waals surface area contributed by atoms with Crippen LogP contribution in [-0.2, 0) is 21.1 Å². The molecular formula is C14H21NO3S2. The first kappa shape index (κ1) is 15.5. The van der Waals surface area contributed by atoms with Crippen LogP contribution in [-0.4, -0.2) is 32.4 Å². The van der Waals surface area contributed by atoms with Crippen molar-refractivity contribution in [1.29, 1.82) is 0 Å². The van der Waals surface area contributed by atoms with Gasteiger partial charge in [-0.3, -0.25) is 4.79 Å². The SMILES string of the molecule is O=C(CCc1cccs1)NCCCC1CCS(=O)(=O)C1. The molecule has 1 fully saturated rings. The van der Waals surface area contributed by atoms with Gasteiger partial charge in [-0.2, -0.15) is 0 Å². The highest BCUT2D eigenvalue weighted by molar-refractivity contribution is 7.91. The summed E-state index contributed by atoms with van der Waals surface area (Å²) in [7, 11) is -2.77. The Balaban J connectivity index is 1.53. The van der Waals surface area contributed by atoms with Crippen LogP contribution in [0.4, 0.5) is 0 Å². The summed E-state index contributed by atoms with van der Waals surface area (Å²) in [6.07, 6.45) is 3.87. The predicted octanol–water partition coefficient (Wildman–Crippen LogP) is 2.01. The predicted molar refractivity (Wildman–Crippen MR) is 81.6 cm³/mol. The Bertz CT molecular complexity index is 523. The van der Waals surface area contributed by atoms with Crippen LogP contribution in [0, 0.1) is 5.92 Å². The third kappa shape index (κ3) is 5.25. The minimum absolute atomic E-state index is 0.0810. The van der Waals surface area contributed by atoms with E-state index in [0.29, 0.717) is 30.4 Å². The number of amides is 1. The lowest BCUT2D eigenvalue weighted by molar-refractivity contribution is -0.121. The van der Waals surface area contributed by atoms with Gasteiger partial charge in [0.15, 0.2) is 9.84 Å². The molecule has 0 radical (unpaired) electrons. The van der Waals surface area contributed by atoms with Crippen LogP contribution in [0.3, 0.4) is 0 Å². The molecule has 0 spiro atoms. The van der Waals surface area contributed by atoms with E-state index >= 15 is 0 Å². The lowest BCUT2D eigenvalue weighted by Gasteiger charge is -2.08. The number of carbonyl (C=O) groups is 1. The Kier molecular flexibility index (Phi) is 5.60. The van der Waals surface area contributed by atoms with E-state index in [1.807, 2.05) is 17.5 Å². The molecule has 4 nitrogen and oxygen atoms in total. The van der Waals surface area contributed by atoms with Crippen LogP contribution in [0.15, 0.2) is 17.5 Å². The molecule has 0 saturated carbocycles. The van der Waals surface area contributed by atoms with Crippen molar-refractivity contribution in [3.8, 4) is 0 Å². The minimum Gasteiger partial charge on any atom is -0.356 e. The van der Waals surface area contributed by atoms with Gasteiger partial charge >= 0.3 is 0 Å². The van der Waals surface area contributed by atoms with E-state index in [-0.39, 0.29) is 5.91 Å². The van der Waals surface area contributed by atoms with Crippen LogP contribution in [0.2, 0.25) is 0 Å². The van der Waals surface area contributed by atoms with Gasteiger partial charge in [-0.15, -0.1) is 11.3 Å². The van der Waals surface area contributed by atoms with Crippen molar-refractivity contribution in [2.45, 2.75) is 32.1 Å². The Morgan fingerprint density at radius 2 is 2.30 bits per heavy atom. The van der Waals surface area contributed by atoms with Gasteiger partial charge in [0.05, 0.1) is 11.5 Å². The van der Waals surface area contributed by atoms with Crippen LogP contribution < -0.4 is 5.32 Å². The summed E-state index contributed by atoms with van der Waals surface area (Å²) in [5, 5.41) is 4.92. The van der Waals surface area contributed by atoms with Crippen LogP contribution in [0.5, 0.6) is 0 Å². The number of hydrogen-bond donors (Lipinski definition) is 1. The maximum atomic E-state index is 11.6. The highest BCUT2D eigenvalue weighted by Crippen LogP contribution is 2.22. The molecular weight excluding hydrogens is 294 g/mol.